The minimum Gasteiger partial charge on any atom is -0.484 e. The summed E-state index contributed by atoms with van der Waals surface area (Å²) in [6.45, 7) is -0.247. The highest BCUT2D eigenvalue weighted by Gasteiger charge is 2.06. The van der Waals surface area contributed by atoms with Crippen molar-refractivity contribution < 1.29 is 14.5 Å². The van der Waals surface area contributed by atoms with Crippen LogP contribution in [0.2, 0.25) is 0 Å². The highest BCUT2D eigenvalue weighted by molar-refractivity contribution is 5.99. The Kier molecular flexibility index (Phi) is 4.70. The fourth-order valence-corrected chi connectivity index (χ4v) is 2.22. The lowest BCUT2D eigenvalue weighted by atomic mass is 10.2. The van der Waals surface area contributed by atoms with Crippen molar-refractivity contribution in [2.75, 3.05) is 6.61 Å². The summed E-state index contributed by atoms with van der Waals surface area (Å²) in [7, 11) is 0. The quantitative estimate of drug-likeness (QED) is 0.409. The van der Waals surface area contributed by atoms with Gasteiger partial charge in [0, 0.05) is 34.8 Å². The Morgan fingerprint density at radius 2 is 2.00 bits per heavy atom. The van der Waals surface area contributed by atoms with Gasteiger partial charge in [-0.3, -0.25) is 14.9 Å². The van der Waals surface area contributed by atoms with Crippen molar-refractivity contribution in [2.24, 2.45) is 5.10 Å². The lowest BCUT2D eigenvalue weighted by Crippen LogP contribution is -2.24. The number of non-ortho nitro benzene ring substituents is 1. The molecule has 0 atom stereocenters. The molecule has 0 fully saturated rings. The van der Waals surface area contributed by atoms with Crippen LogP contribution in [0.15, 0.2) is 59.8 Å². The molecule has 1 heterocycles. The first-order valence-corrected chi connectivity index (χ1v) is 7.39. The number of nitrogens with zero attached hydrogens (tertiary/aromatic N) is 2. The number of carbonyl (C=O) groups excluding carboxylic acids is 1. The largest absolute Gasteiger partial charge is 0.484 e. The summed E-state index contributed by atoms with van der Waals surface area (Å²) in [5.41, 5.74) is 4.16. The van der Waals surface area contributed by atoms with Crippen LogP contribution < -0.4 is 10.2 Å². The van der Waals surface area contributed by atoms with Gasteiger partial charge in [0.1, 0.15) is 5.75 Å². The second-order valence-electron chi connectivity index (χ2n) is 5.12. The Morgan fingerprint density at radius 1 is 1.24 bits per heavy atom. The summed E-state index contributed by atoms with van der Waals surface area (Å²) in [5, 5.41) is 15.5. The van der Waals surface area contributed by atoms with Crippen molar-refractivity contribution in [1.82, 2.24) is 10.4 Å². The van der Waals surface area contributed by atoms with Crippen molar-refractivity contribution in [1.29, 1.82) is 0 Å². The number of carbonyl (C=O) groups is 1. The van der Waals surface area contributed by atoms with Gasteiger partial charge in [-0.1, -0.05) is 18.2 Å². The lowest BCUT2D eigenvalue weighted by Gasteiger charge is -2.04. The molecular weight excluding hydrogens is 324 g/mol. The molecule has 8 nitrogen and oxygen atoms in total. The molecule has 0 saturated carbocycles. The van der Waals surface area contributed by atoms with Crippen LogP contribution in [0.1, 0.15) is 5.56 Å². The molecule has 0 aliphatic rings. The van der Waals surface area contributed by atoms with E-state index in [0.717, 1.165) is 16.5 Å². The van der Waals surface area contributed by atoms with E-state index < -0.39 is 10.8 Å². The van der Waals surface area contributed by atoms with E-state index in [2.05, 4.69) is 15.5 Å². The Labute approximate surface area is 142 Å². The van der Waals surface area contributed by atoms with Gasteiger partial charge < -0.3 is 9.72 Å². The van der Waals surface area contributed by atoms with Gasteiger partial charge in [0.2, 0.25) is 0 Å². The molecule has 0 aliphatic heterocycles. The molecule has 0 bridgehead atoms. The summed E-state index contributed by atoms with van der Waals surface area (Å²) < 4.78 is 5.25. The molecule has 2 N–H and O–H groups in total. The molecule has 126 valence electrons. The normalized spacial score (nSPS) is 10.9. The van der Waals surface area contributed by atoms with Crippen LogP contribution in [0.3, 0.4) is 0 Å². The average Bonchev–Trinajstić information content (AvgIpc) is 3.04. The predicted molar refractivity (Wildman–Crippen MR) is 92.6 cm³/mol. The van der Waals surface area contributed by atoms with Gasteiger partial charge in [0.25, 0.3) is 11.6 Å². The number of hydrogen-bond donors (Lipinski definition) is 2. The topological polar surface area (TPSA) is 110 Å². The molecule has 0 aliphatic carbocycles. The maximum atomic E-state index is 11.7. The van der Waals surface area contributed by atoms with Gasteiger partial charge >= 0.3 is 0 Å². The molecule has 0 spiro atoms. The molecule has 3 rings (SSSR count). The molecule has 2 aromatic carbocycles. The fraction of sp³-hybridized carbons (Fsp3) is 0.0588. The zero-order valence-corrected chi connectivity index (χ0v) is 13.0. The van der Waals surface area contributed by atoms with Crippen molar-refractivity contribution in [3.05, 3.63) is 70.4 Å². The number of hydrogen-bond acceptors (Lipinski definition) is 5. The maximum Gasteiger partial charge on any atom is 0.277 e. The molecule has 0 radical (unpaired) electrons. The molecule has 25 heavy (non-hydrogen) atoms. The van der Waals surface area contributed by atoms with Crippen LogP contribution in [0, 0.1) is 10.1 Å². The number of rotatable bonds is 6. The number of aromatic amines is 1. The first-order chi connectivity index (χ1) is 12.1. The fourth-order valence-electron chi connectivity index (χ4n) is 2.22. The van der Waals surface area contributed by atoms with Gasteiger partial charge in [0.05, 0.1) is 11.1 Å². The summed E-state index contributed by atoms with van der Waals surface area (Å²) in [4.78, 5) is 24.9. The Balaban J connectivity index is 1.51. The number of nitro benzene ring substituents is 1. The van der Waals surface area contributed by atoms with E-state index in [1.165, 1.54) is 24.3 Å². The molecule has 1 aromatic heterocycles. The SMILES string of the molecule is O=C(COc1ccc([N+](=O)[O-])cc1)NN=Cc1c[nH]c2ccccc12. The number of benzene rings is 2. The summed E-state index contributed by atoms with van der Waals surface area (Å²) in [6, 6.07) is 13.2. The highest BCUT2D eigenvalue weighted by Crippen LogP contribution is 2.17. The Hall–Kier alpha value is -3.68. The average molecular weight is 338 g/mol. The second-order valence-corrected chi connectivity index (χ2v) is 5.12. The standard InChI is InChI=1S/C17H14N4O4/c22-17(11-25-14-7-5-13(6-8-14)21(23)24)20-19-10-12-9-18-16-4-2-1-3-15(12)16/h1-10,18H,11H2,(H,20,22). The van der Waals surface area contributed by atoms with E-state index in [1.54, 1.807) is 12.4 Å². The molecule has 0 unspecified atom stereocenters. The van der Waals surface area contributed by atoms with E-state index in [1.807, 2.05) is 24.3 Å². The third-order valence-corrected chi connectivity index (χ3v) is 3.43. The highest BCUT2D eigenvalue weighted by atomic mass is 16.6. The van der Waals surface area contributed by atoms with E-state index in [4.69, 9.17) is 4.74 Å². The van der Waals surface area contributed by atoms with Gasteiger partial charge in [-0.25, -0.2) is 5.43 Å². The third-order valence-electron chi connectivity index (χ3n) is 3.43. The van der Waals surface area contributed by atoms with Crippen LogP contribution in [0.4, 0.5) is 5.69 Å². The number of H-pyrrole nitrogens is 1. The van der Waals surface area contributed by atoms with E-state index in [-0.39, 0.29) is 12.3 Å². The smallest absolute Gasteiger partial charge is 0.277 e. The number of ether oxygens (including phenoxy) is 1. The van der Waals surface area contributed by atoms with E-state index in [0.29, 0.717) is 5.75 Å². The monoisotopic (exact) mass is 338 g/mol. The summed E-state index contributed by atoms with van der Waals surface area (Å²) in [5.74, 6) is -0.0733. The first-order valence-electron chi connectivity index (χ1n) is 7.39. The summed E-state index contributed by atoms with van der Waals surface area (Å²) >= 11 is 0. The van der Waals surface area contributed by atoms with Crippen LogP contribution in [0.5, 0.6) is 5.75 Å². The lowest BCUT2D eigenvalue weighted by molar-refractivity contribution is -0.384. The number of amides is 1. The second kappa shape index (κ2) is 7.26. The number of fused-ring (bicyclic) bond motifs is 1. The molecule has 3 aromatic rings. The van der Waals surface area contributed by atoms with Crippen LogP contribution in [-0.2, 0) is 4.79 Å². The number of para-hydroxylation sites is 1. The molecular formula is C17H14N4O4. The molecule has 1 amide bonds. The van der Waals surface area contributed by atoms with E-state index in [9.17, 15) is 14.9 Å². The number of nitrogens with one attached hydrogen (secondary N) is 2. The van der Waals surface area contributed by atoms with Gasteiger partial charge in [-0.15, -0.1) is 0 Å². The van der Waals surface area contributed by atoms with E-state index >= 15 is 0 Å². The van der Waals surface area contributed by atoms with Crippen LogP contribution in [0.25, 0.3) is 10.9 Å². The van der Waals surface area contributed by atoms with Gasteiger partial charge in [-0.2, -0.15) is 5.10 Å². The van der Waals surface area contributed by atoms with Crippen LogP contribution >= 0.6 is 0 Å². The zero-order valence-electron chi connectivity index (χ0n) is 13.0. The number of hydrazone groups is 1. The molecule has 8 heteroatoms. The Bertz CT molecular complexity index is 931. The van der Waals surface area contributed by atoms with Crippen molar-refractivity contribution in [3.8, 4) is 5.75 Å². The zero-order chi connectivity index (χ0) is 17.6. The minimum absolute atomic E-state index is 0.0415. The third kappa shape index (κ3) is 3.99. The van der Waals surface area contributed by atoms with Gasteiger partial charge in [-0.05, 0) is 18.2 Å². The maximum absolute atomic E-state index is 11.7. The van der Waals surface area contributed by atoms with Crippen LogP contribution in [-0.4, -0.2) is 28.6 Å². The predicted octanol–water partition coefficient (Wildman–Crippen LogP) is 2.61. The van der Waals surface area contributed by atoms with Crippen molar-refractivity contribution >= 4 is 28.7 Å². The number of nitro groups is 1. The Morgan fingerprint density at radius 3 is 2.76 bits per heavy atom. The van der Waals surface area contributed by atoms with Crippen molar-refractivity contribution in [3.63, 3.8) is 0 Å². The van der Waals surface area contributed by atoms with Gasteiger partial charge in [0.15, 0.2) is 6.61 Å². The molecule has 0 saturated heterocycles. The number of aromatic nitrogens is 1. The summed E-state index contributed by atoms with van der Waals surface area (Å²) in [6.07, 6.45) is 3.34. The first kappa shape index (κ1) is 16.2. The minimum atomic E-state index is -0.504. The van der Waals surface area contributed by atoms with Crippen molar-refractivity contribution in [2.45, 2.75) is 0 Å².